The largest absolute Gasteiger partial charge is 0.462 e. The molecule has 0 radical (unpaired) electrons. The van der Waals surface area contributed by atoms with E-state index in [9.17, 15) is 23.6 Å². The van der Waals surface area contributed by atoms with Crippen LogP contribution in [0.5, 0.6) is 0 Å². The molecule has 9 heteroatoms. The predicted molar refractivity (Wildman–Crippen MR) is 116 cm³/mol. The third-order valence-electron chi connectivity index (χ3n) is 4.99. The van der Waals surface area contributed by atoms with Gasteiger partial charge in [-0.3, -0.25) is 19.4 Å². The number of ether oxygens (including phenoxy) is 1. The van der Waals surface area contributed by atoms with Crippen molar-refractivity contribution >= 4 is 35.2 Å². The Balaban J connectivity index is 1.60. The maximum atomic E-state index is 13.2. The van der Waals surface area contributed by atoms with Gasteiger partial charge in [-0.05, 0) is 61.9 Å². The van der Waals surface area contributed by atoms with Gasteiger partial charge in [-0.2, -0.15) is 0 Å². The molecule has 1 atom stereocenters. The molecule has 32 heavy (non-hydrogen) atoms. The second-order valence-electron chi connectivity index (χ2n) is 7.34. The molecule has 1 heterocycles. The van der Waals surface area contributed by atoms with E-state index in [2.05, 4.69) is 5.32 Å². The zero-order valence-corrected chi connectivity index (χ0v) is 17.8. The third-order valence-corrected chi connectivity index (χ3v) is 4.99. The molecule has 1 aliphatic rings. The topological polar surface area (TPSA) is 96.0 Å². The highest BCUT2D eigenvalue weighted by atomic mass is 19.1. The summed E-state index contributed by atoms with van der Waals surface area (Å²) < 4.78 is 18.3. The zero-order chi connectivity index (χ0) is 23.3. The minimum absolute atomic E-state index is 0.346. The summed E-state index contributed by atoms with van der Waals surface area (Å²) in [5.41, 5.74) is 1.12. The number of halogens is 1. The van der Waals surface area contributed by atoms with Gasteiger partial charge in [0.15, 0.2) is 0 Å². The van der Waals surface area contributed by atoms with Crippen molar-refractivity contribution in [2.45, 2.75) is 32.7 Å². The first-order chi connectivity index (χ1) is 15.3. The Morgan fingerprint density at radius 3 is 2.34 bits per heavy atom. The molecular weight excluding hydrogens is 417 g/mol. The van der Waals surface area contributed by atoms with Gasteiger partial charge in [0, 0.05) is 11.4 Å². The predicted octanol–water partition coefficient (Wildman–Crippen LogP) is 3.58. The van der Waals surface area contributed by atoms with E-state index in [4.69, 9.17) is 4.74 Å². The highest BCUT2D eigenvalue weighted by Gasteiger charge is 2.44. The molecule has 1 aliphatic heterocycles. The molecule has 1 fully saturated rings. The number of benzene rings is 2. The fourth-order valence-corrected chi connectivity index (χ4v) is 3.23. The van der Waals surface area contributed by atoms with Crippen LogP contribution in [0, 0.1) is 5.82 Å². The van der Waals surface area contributed by atoms with E-state index in [-0.39, 0.29) is 0 Å². The van der Waals surface area contributed by atoms with Gasteiger partial charge < -0.3 is 10.1 Å². The maximum absolute atomic E-state index is 13.2. The minimum Gasteiger partial charge on any atom is -0.462 e. The molecule has 168 valence electrons. The van der Waals surface area contributed by atoms with Crippen molar-refractivity contribution in [2.24, 2.45) is 0 Å². The van der Waals surface area contributed by atoms with Crippen LogP contribution in [0.15, 0.2) is 48.5 Å². The van der Waals surface area contributed by atoms with Crippen LogP contribution >= 0.6 is 0 Å². The summed E-state index contributed by atoms with van der Waals surface area (Å²) in [5, 5.41) is 2.60. The average molecular weight is 441 g/mol. The first-order valence-electron chi connectivity index (χ1n) is 10.3. The average Bonchev–Trinajstić information content (AvgIpc) is 2.98. The molecule has 1 unspecified atom stereocenters. The summed E-state index contributed by atoms with van der Waals surface area (Å²) in [4.78, 5) is 51.7. The Kier molecular flexibility index (Phi) is 7.19. The summed E-state index contributed by atoms with van der Waals surface area (Å²) in [6, 6.07) is 9.82. The Morgan fingerprint density at radius 2 is 1.72 bits per heavy atom. The van der Waals surface area contributed by atoms with Gasteiger partial charge in [-0.1, -0.05) is 13.3 Å². The van der Waals surface area contributed by atoms with E-state index in [0.717, 1.165) is 17.7 Å². The number of hydrogen-bond donors (Lipinski definition) is 1. The number of anilines is 2. The summed E-state index contributed by atoms with van der Waals surface area (Å²) >= 11 is 0. The number of nitrogens with one attached hydrogen (secondary N) is 1. The number of esters is 1. The van der Waals surface area contributed by atoms with E-state index in [1.807, 2.05) is 6.92 Å². The normalized spacial score (nSPS) is 15.8. The van der Waals surface area contributed by atoms with Crippen molar-refractivity contribution < 1.29 is 28.3 Å². The lowest BCUT2D eigenvalue weighted by atomic mass is 10.2. The lowest BCUT2D eigenvalue weighted by Gasteiger charge is -2.19. The Morgan fingerprint density at radius 1 is 1.06 bits per heavy atom. The van der Waals surface area contributed by atoms with Crippen LogP contribution in [0.25, 0.3) is 0 Å². The molecule has 4 amide bonds. The minimum atomic E-state index is -0.821. The van der Waals surface area contributed by atoms with Gasteiger partial charge in [0.25, 0.3) is 5.91 Å². The molecule has 8 nitrogen and oxygen atoms in total. The zero-order valence-electron chi connectivity index (χ0n) is 17.8. The molecule has 0 bridgehead atoms. The first kappa shape index (κ1) is 22.9. The number of rotatable bonds is 8. The van der Waals surface area contributed by atoms with Gasteiger partial charge in [-0.15, -0.1) is 0 Å². The quantitative estimate of drug-likeness (QED) is 0.384. The number of carbonyl (C=O) groups is 4. The monoisotopic (exact) mass is 441 g/mol. The van der Waals surface area contributed by atoms with Crippen LogP contribution in [0.3, 0.4) is 0 Å². The molecule has 1 N–H and O–H groups in total. The van der Waals surface area contributed by atoms with E-state index in [1.165, 1.54) is 53.4 Å². The second kappa shape index (κ2) is 10.0. The maximum Gasteiger partial charge on any atom is 0.338 e. The summed E-state index contributed by atoms with van der Waals surface area (Å²) in [6.45, 7) is 3.41. The van der Waals surface area contributed by atoms with Gasteiger partial charge in [-0.25, -0.2) is 14.0 Å². The van der Waals surface area contributed by atoms with Crippen molar-refractivity contribution in [1.29, 1.82) is 0 Å². The molecular formula is C23H24FN3O5. The smallest absolute Gasteiger partial charge is 0.338 e. The van der Waals surface area contributed by atoms with Gasteiger partial charge >= 0.3 is 12.0 Å². The van der Waals surface area contributed by atoms with E-state index in [0.29, 0.717) is 23.5 Å². The van der Waals surface area contributed by atoms with E-state index in [1.54, 1.807) is 6.92 Å². The number of imide groups is 1. The fourth-order valence-electron chi connectivity index (χ4n) is 3.23. The molecule has 1 saturated heterocycles. The van der Waals surface area contributed by atoms with Gasteiger partial charge in [0.2, 0.25) is 5.91 Å². The Bertz CT molecular complexity index is 1010. The Labute approximate surface area is 184 Å². The van der Waals surface area contributed by atoms with Crippen LogP contribution in [0.4, 0.5) is 20.6 Å². The number of carbonyl (C=O) groups excluding carboxylic acids is 4. The van der Waals surface area contributed by atoms with Crippen LogP contribution in [0.1, 0.15) is 37.0 Å². The van der Waals surface area contributed by atoms with Crippen molar-refractivity contribution in [3.05, 3.63) is 59.9 Å². The summed E-state index contributed by atoms with van der Waals surface area (Å²) in [5.74, 6) is -2.01. The number of hydrogen-bond acceptors (Lipinski definition) is 5. The third kappa shape index (κ3) is 5.11. The fraction of sp³-hybridized carbons (Fsp3) is 0.304. The summed E-state index contributed by atoms with van der Waals surface area (Å²) in [7, 11) is 0. The number of nitrogens with zero attached hydrogens (tertiary/aromatic N) is 2. The molecule has 0 saturated carbocycles. The molecule has 0 spiro atoms. The lowest BCUT2D eigenvalue weighted by molar-refractivity contribution is -0.130. The van der Waals surface area contributed by atoms with Gasteiger partial charge in [0.05, 0.1) is 12.2 Å². The first-order valence-corrected chi connectivity index (χ1v) is 10.3. The van der Waals surface area contributed by atoms with E-state index >= 15 is 0 Å². The molecule has 2 aromatic rings. The number of amides is 4. The number of unbranched alkanes of at least 4 members (excludes halogenated alkanes) is 1. The molecule has 3 rings (SSSR count). The van der Waals surface area contributed by atoms with Gasteiger partial charge in [0.1, 0.15) is 18.4 Å². The SMILES string of the molecule is CCCCOC(=O)c1ccc(NC(=O)CN2C(=O)C(C)N(c3ccc(F)cc3)C2=O)cc1. The van der Waals surface area contributed by atoms with Crippen molar-refractivity contribution in [1.82, 2.24) is 4.90 Å². The molecule has 0 aliphatic carbocycles. The number of urea groups is 1. The van der Waals surface area contributed by atoms with Crippen molar-refractivity contribution in [3.8, 4) is 0 Å². The molecule has 0 aromatic heterocycles. The van der Waals surface area contributed by atoms with Crippen molar-refractivity contribution in [3.63, 3.8) is 0 Å². The van der Waals surface area contributed by atoms with Crippen LogP contribution in [0.2, 0.25) is 0 Å². The summed E-state index contributed by atoms with van der Waals surface area (Å²) in [6.07, 6.45) is 1.70. The highest BCUT2D eigenvalue weighted by molar-refractivity contribution is 6.16. The highest BCUT2D eigenvalue weighted by Crippen LogP contribution is 2.26. The van der Waals surface area contributed by atoms with Crippen molar-refractivity contribution in [2.75, 3.05) is 23.4 Å². The second-order valence-corrected chi connectivity index (χ2v) is 7.34. The van der Waals surface area contributed by atoms with Crippen LogP contribution in [-0.4, -0.2) is 47.9 Å². The lowest BCUT2D eigenvalue weighted by Crippen LogP contribution is -2.39. The Hall–Kier alpha value is -3.75. The standard InChI is InChI=1S/C23H24FN3O5/c1-3-4-13-32-22(30)16-5-9-18(10-6-16)25-20(28)14-26-21(29)15(2)27(23(26)31)19-11-7-17(24)8-12-19/h5-12,15H,3-4,13-14H2,1-2H3,(H,25,28). The van der Waals surface area contributed by atoms with E-state index < -0.39 is 42.2 Å². The molecule has 2 aromatic carbocycles. The van der Waals surface area contributed by atoms with Crippen LogP contribution in [-0.2, 0) is 14.3 Å². The van der Waals surface area contributed by atoms with Crippen LogP contribution < -0.4 is 10.2 Å².